The molecular formula is C22H21F3N2O3. The van der Waals surface area contributed by atoms with Crippen molar-refractivity contribution < 1.29 is 27.6 Å². The van der Waals surface area contributed by atoms with Crippen molar-refractivity contribution in [2.24, 2.45) is 35.5 Å². The van der Waals surface area contributed by atoms with E-state index in [2.05, 4.69) is 0 Å². The normalized spacial score (nSPS) is 33.6. The highest BCUT2D eigenvalue weighted by Gasteiger charge is 2.67. The molecule has 8 heteroatoms. The zero-order valence-corrected chi connectivity index (χ0v) is 16.5. The minimum atomic E-state index is -5.13. The average molecular weight is 418 g/mol. The number of hydrogen-bond acceptors (Lipinski definition) is 3. The van der Waals surface area contributed by atoms with Gasteiger partial charge in [0, 0.05) is 5.69 Å². The van der Waals surface area contributed by atoms with Crippen LogP contribution in [-0.2, 0) is 14.4 Å². The third kappa shape index (κ3) is 2.65. The first-order valence-electron chi connectivity index (χ1n) is 10.1. The van der Waals surface area contributed by atoms with Gasteiger partial charge in [-0.25, -0.2) is 0 Å². The minimum absolute atomic E-state index is 0.0284. The topological polar surface area (TPSA) is 57.7 Å². The van der Waals surface area contributed by atoms with Gasteiger partial charge in [-0.1, -0.05) is 29.8 Å². The van der Waals surface area contributed by atoms with Crippen LogP contribution in [0.1, 0.15) is 17.5 Å². The van der Waals surface area contributed by atoms with Crippen LogP contribution in [-0.4, -0.2) is 35.5 Å². The second-order valence-electron chi connectivity index (χ2n) is 8.92. The Kier molecular flexibility index (Phi) is 3.98. The lowest BCUT2D eigenvalue weighted by Crippen LogP contribution is -2.49. The fourth-order valence-corrected chi connectivity index (χ4v) is 5.81. The van der Waals surface area contributed by atoms with Crippen LogP contribution in [0.4, 0.5) is 18.9 Å². The molecule has 5 aliphatic rings. The molecular weight excluding hydrogens is 397 g/mol. The number of likely N-dealkylation sites (tertiary alicyclic amines) is 1. The third-order valence-corrected chi connectivity index (χ3v) is 7.17. The molecule has 3 fully saturated rings. The van der Waals surface area contributed by atoms with E-state index >= 15 is 0 Å². The summed E-state index contributed by atoms with van der Waals surface area (Å²) >= 11 is 0. The summed E-state index contributed by atoms with van der Waals surface area (Å²) in [7, 11) is 0. The number of alkyl halides is 3. The van der Waals surface area contributed by atoms with E-state index < -0.39 is 42.4 Å². The predicted molar refractivity (Wildman–Crippen MR) is 101 cm³/mol. The third-order valence-electron chi connectivity index (χ3n) is 7.17. The van der Waals surface area contributed by atoms with Crippen molar-refractivity contribution in [2.75, 3.05) is 11.6 Å². The van der Waals surface area contributed by atoms with Gasteiger partial charge in [-0.3, -0.25) is 24.2 Å². The number of carbonyl (C=O) groups excluding carboxylic acids is 3. The molecule has 2 saturated carbocycles. The molecule has 6 rings (SSSR count). The van der Waals surface area contributed by atoms with Crippen LogP contribution in [0.15, 0.2) is 30.4 Å². The van der Waals surface area contributed by atoms with Crippen LogP contribution in [0.2, 0.25) is 0 Å². The van der Waals surface area contributed by atoms with Crippen LogP contribution < -0.4 is 4.90 Å². The number of hydrogen-bond donors (Lipinski definition) is 0. The first kappa shape index (κ1) is 19.3. The number of imide groups is 1. The Morgan fingerprint density at radius 1 is 1.07 bits per heavy atom. The second kappa shape index (κ2) is 6.18. The van der Waals surface area contributed by atoms with Crippen molar-refractivity contribution in [3.8, 4) is 0 Å². The monoisotopic (exact) mass is 418 g/mol. The van der Waals surface area contributed by atoms with Crippen LogP contribution >= 0.6 is 0 Å². The lowest BCUT2D eigenvalue weighted by Gasteiger charge is -2.37. The van der Waals surface area contributed by atoms with Crippen molar-refractivity contribution in [3.63, 3.8) is 0 Å². The summed E-state index contributed by atoms with van der Waals surface area (Å²) in [6, 6.07) is 4.69. The maximum absolute atomic E-state index is 13.4. The Bertz CT molecular complexity index is 966. The van der Waals surface area contributed by atoms with Gasteiger partial charge in [-0.05, 0) is 55.6 Å². The van der Waals surface area contributed by atoms with E-state index in [1.165, 1.54) is 6.07 Å². The Hall–Kier alpha value is -2.64. The molecule has 6 atom stereocenters. The molecule has 0 unspecified atom stereocenters. The average Bonchev–Trinajstić information content (AvgIpc) is 3.45. The number of halogens is 3. The number of anilines is 1. The first-order chi connectivity index (χ1) is 14.1. The van der Waals surface area contributed by atoms with Crippen LogP contribution in [0.25, 0.3) is 0 Å². The fraction of sp³-hybridized carbons (Fsp3) is 0.500. The SMILES string of the molecule is Cc1ccc(N(CN2C(=O)[C@@H]3[C@H]4C=C[C@H]([C@H]5C[C@H]45)[C@@H]3C2=O)C(=O)C(F)(F)F)c(C)c1. The van der Waals surface area contributed by atoms with E-state index in [1.54, 1.807) is 26.0 Å². The Morgan fingerprint density at radius 3 is 2.13 bits per heavy atom. The standard InChI is InChI=1S/C22H21F3N2O3/c1-10-3-6-16(11(2)7-10)26(21(30)22(23,24)25)9-27-19(28)17-12-4-5-13(15-8-14(12)15)18(17)20(27)29/h3-7,12-15,17-18H,8-9H2,1-2H3/t12-,13+,14-,15-,17+,18-/m1/s1. The Balaban J connectivity index is 1.49. The molecule has 158 valence electrons. The summed E-state index contributed by atoms with van der Waals surface area (Å²) in [5, 5.41) is 0. The predicted octanol–water partition coefficient (Wildman–Crippen LogP) is 3.21. The molecule has 3 amide bonds. The highest BCUT2D eigenvalue weighted by atomic mass is 19.4. The van der Waals surface area contributed by atoms with Crippen LogP contribution in [0, 0.1) is 49.4 Å². The van der Waals surface area contributed by atoms with Gasteiger partial charge < -0.3 is 0 Å². The number of rotatable bonds is 3. The molecule has 4 aliphatic carbocycles. The highest BCUT2D eigenvalue weighted by molar-refractivity contribution is 6.07. The van der Waals surface area contributed by atoms with Gasteiger partial charge in [0.2, 0.25) is 11.8 Å². The maximum Gasteiger partial charge on any atom is 0.471 e. The number of benzene rings is 1. The van der Waals surface area contributed by atoms with Crippen molar-refractivity contribution in [3.05, 3.63) is 41.5 Å². The zero-order chi connectivity index (χ0) is 21.5. The van der Waals surface area contributed by atoms with Gasteiger partial charge in [0.25, 0.3) is 0 Å². The molecule has 2 bridgehead atoms. The molecule has 0 N–H and O–H groups in total. The van der Waals surface area contributed by atoms with E-state index in [4.69, 9.17) is 0 Å². The number of nitrogens with zero attached hydrogens (tertiary/aromatic N) is 2. The number of carbonyl (C=O) groups is 3. The summed E-state index contributed by atoms with van der Waals surface area (Å²) in [5.41, 5.74) is 1.34. The molecule has 0 radical (unpaired) electrons. The van der Waals surface area contributed by atoms with Gasteiger partial charge in [-0.2, -0.15) is 13.2 Å². The molecule has 0 aromatic heterocycles. The number of aryl methyl sites for hydroxylation is 2. The summed E-state index contributed by atoms with van der Waals surface area (Å²) in [6.45, 7) is 2.67. The Morgan fingerprint density at radius 2 is 1.63 bits per heavy atom. The molecule has 1 aliphatic heterocycles. The summed E-state index contributed by atoms with van der Waals surface area (Å²) < 4.78 is 40.1. The fourth-order valence-electron chi connectivity index (χ4n) is 5.81. The van der Waals surface area contributed by atoms with Gasteiger partial charge in [0.05, 0.1) is 11.8 Å². The first-order valence-corrected chi connectivity index (χ1v) is 10.1. The van der Waals surface area contributed by atoms with Gasteiger partial charge in [-0.15, -0.1) is 0 Å². The van der Waals surface area contributed by atoms with Crippen molar-refractivity contribution in [1.29, 1.82) is 0 Å². The lowest BCUT2D eigenvalue weighted by molar-refractivity contribution is -0.171. The van der Waals surface area contributed by atoms with Crippen molar-refractivity contribution >= 4 is 23.4 Å². The van der Waals surface area contributed by atoms with Crippen LogP contribution in [0.3, 0.4) is 0 Å². The van der Waals surface area contributed by atoms with Crippen LogP contribution in [0.5, 0.6) is 0 Å². The lowest BCUT2D eigenvalue weighted by atomic mass is 9.63. The van der Waals surface area contributed by atoms with E-state index in [0.717, 1.165) is 16.9 Å². The number of amides is 3. The molecule has 5 nitrogen and oxygen atoms in total. The minimum Gasteiger partial charge on any atom is -0.286 e. The molecule has 1 saturated heterocycles. The van der Waals surface area contributed by atoms with Gasteiger partial charge in [0.15, 0.2) is 0 Å². The van der Waals surface area contributed by atoms with E-state index in [0.29, 0.717) is 22.3 Å². The second-order valence-corrected chi connectivity index (χ2v) is 8.92. The Labute approximate surface area is 171 Å². The highest BCUT2D eigenvalue weighted by Crippen LogP contribution is 2.65. The molecule has 1 heterocycles. The molecule has 1 aromatic carbocycles. The summed E-state index contributed by atoms with van der Waals surface area (Å²) in [6.07, 6.45) is -0.135. The zero-order valence-electron chi connectivity index (χ0n) is 16.5. The molecule has 0 spiro atoms. The summed E-state index contributed by atoms with van der Waals surface area (Å²) in [5.74, 6) is -3.31. The summed E-state index contributed by atoms with van der Waals surface area (Å²) in [4.78, 5) is 39.9. The molecule has 30 heavy (non-hydrogen) atoms. The van der Waals surface area contributed by atoms with E-state index in [-0.39, 0.29) is 17.5 Å². The van der Waals surface area contributed by atoms with Gasteiger partial charge >= 0.3 is 12.1 Å². The maximum atomic E-state index is 13.4. The smallest absolute Gasteiger partial charge is 0.286 e. The molecule has 1 aromatic rings. The largest absolute Gasteiger partial charge is 0.471 e. The van der Waals surface area contributed by atoms with E-state index in [9.17, 15) is 27.6 Å². The van der Waals surface area contributed by atoms with Crippen molar-refractivity contribution in [1.82, 2.24) is 4.90 Å². The number of allylic oxidation sites excluding steroid dienone is 2. The van der Waals surface area contributed by atoms with Gasteiger partial charge in [0.1, 0.15) is 6.67 Å². The quantitative estimate of drug-likeness (QED) is 0.560. The van der Waals surface area contributed by atoms with E-state index in [1.807, 2.05) is 12.2 Å². The van der Waals surface area contributed by atoms with Crippen molar-refractivity contribution in [2.45, 2.75) is 26.4 Å².